The van der Waals surface area contributed by atoms with E-state index >= 15 is 0 Å². The number of aliphatic hydroxyl groups excluding tert-OH is 1. The van der Waals surface area contributed by atoms with Gasteiger partial charge in [-0.1, -0.05) is 54.6 Å². The third-order valence-corrected chi connectivity index (χ3v) is 7.58. The number of aryl methyl sites for hydroxylation is 1. The molecule has 0 saturated carbocycles. The predicted molar refractivity (Wildman–Crippen MR) is 167 cm³/mol. The average Bonchev–Trinajstić information content (AvgIpc) is 3.30. The van der Waals surface area contributed by atoms with Crippen molar-refractivity contribution in [2.75, 3.05) is 0 Å². The maximum atomic E-state index is 13.6. The topological polar surface area (TPSA) is 89.0 Å². The Kier molecular flexibility index (Phi) is 8.19. The van der Waals surface area contributed by atoms with Crippen molar-refractivity contribution in [3.8, 4) is 17.2 Å². The molecule has 7 heteroatoms. The number of likely N-dealkylation sites (tertiary alicyclic amines) is 1. The number of para-hydroxylation sites is 1. The van der Waals surface area contributed by atoms with Crippen molar-refractivity contribution < 1.29 is 24.2 Å². The van der Waals surface area contributed by atoms with Gasteiger partial charge in [-0.15, -0.1) is 0 Å². The quantitative estimate of drug-likeness (QED) is 0.111. The molecular weight excluding hydrogens is 552 g/mol. The fourth-order valence-corrected chi connectivity index (χ4v) is 5.24. The van der Waals surface area contributed by atoms with Crippen molar-refractivity contribution >= 4 is 17.4 Å². The van der Waals surface area contributed by atoms with Crippen LogP contribution in [0.15, 0.2) is 133 Å². The lowest BCUT2D eigenvalue weighted by Gasteiger charge is -2.25. The van der Waals surface area contributed by atoms with Crippen molar-refractivity contribution in [2.45, 2.75) is 26.1 Å². The zero-order valence-corrected chi connectivity index (χ0v) is 24.1. The molecule has 1 amide bonds. The fraction of sp³-hybridized carbons (Fsp3) is 0.108. The number of ketones is 1. The van der Waals surface area contributed by atoms with Gasteiger partial charge in [0.2, 0.25) is 0 Å². The number of Topliss-reactive ketones (excluding diaryl/α,β-unsaturated/α-hetero) is 1. The third-order valence-electron chi connectivity index (χ3n) is 7.58. The number of carbonyl (C=O) groups excluding carboxylic acids is 2. The number of benzene rings is 4. The number of nitrogens with zero attached hydrogens (tertiary/aromatic N) is 2. The minimum Gasteiger partial charge on any atom is -0.507 e. The Morgan fingerprint density at radius 1 is 0.795 bits per heavy atom. The van der Waals surface area contributed by atoms with Crippen LogP contribution in [0.3, 0.4) is 0 Å². The van der Waals surface area contributed by atoms with Gasteiger partial charge >= 0.3 is 0 Å². The second-order valence-corrected chi connectivity index (χ2v) is 10.5. The van der Waals surface area contributed by atoms with E-state index in [-0.39, 0.29) is 17.9 Å². The Morgan fingerprint density at radius 2 is 1.50 bits per heavy atom. The van der Waals surface area contributed by atoms with Crippen molar-refractivity contribution in [1.29, 1.82) is 0 Å². The molecule has 1 aliphatic rings. The highest BCUT2D eigenvalue weighted by atomic mass is 16.5. The molecule has 1 fully saturated rings. The number of hydrogen-bond acceptors (Lipinski definition) is 6. The highest BCUT2D eigenvalue weighted by Crippen LogP contribution is 2.41. The molecule has 1 unspecified atom stereocenters. The summed E-state index contributed by atoms with van der Waals surface area (Å²) in [5.74, 6) is 0.103. The lowest BCUT2D eigenvalue weighted by molar-refractivity contribution is -0.140. The molecule has 218 valence electrons. The zero-order valence-electron chi connectivity index (χ0n) is 24.1. The SMILES string of the molecule is Cc1ccccc1COc1ccc(/C(O)=C2\C(=O)C(=O)N(Cc3ccncc3)C2c2cccc(Oc3ccccc3)c2)cc1. The van der Waals surface area contributed by atoms with Gasteiger partial charge in [0.25, 0.3) is 11.7 Å². The van der Waals surface area contributed by atoms with E-state index in [4.69, 9.17) is 9.47 Å². The van der Waals surface area contributed by atoms with E-state index < -0.39 is 17.7 Å². The summed E-state index contributed by atoms with van der Waals surface area (Å²) in [5, 5.41) is 11.6. The molecule has 0 bridgehead atoms. The Morgan fingerprint density at radius 3 is 2.25 bits per heavy atom. The van der Waals surface area contributed by atoms with Crippen LogP contribution in [-0.4, -0.2) is 26.7 Å². The van der Waals surface area contributed by atoms with Crippen LogP contribution in [0.4, 0.5) is 0 Å². The molecule has 1 aromatic heterocycles. The molecule has 6 rings (SSSR count). The molecule has 7 nitrogen and oxygen atoms in total. The lowest BCUT2D eigenvalue weighted by Crippen LogP contribution is -2.29. The summed E-state index contributed by atoms with van der Waals surface area (Å²) >= 11 is 0. The Bertz CT molecular complexity index is 1820. The maximum Gasteiger partial charge on any atom is 0.295 e. The van der Waals surface area contributed by atoms with Crippen LogP contribution in [0.1, 0.15) is 33.9 Å². The van der Waals surface area contributed by atoms with Gasteiger partial charge in [-0.3, -0.25) is 14.6 Å². The van der Waals surface area contributed by atoms with E-state index in [1.807, 2.05) is 67.6 Å². The Labute approximate surface area is 255 Å². The first-order valence-corrected chi connectivity index (χ1v) is 14.3. The number of amides is 1. The first kappa shape index (κ1) is 28.4. The van der Waals surface area contributed by atoms with Crippen molar-refractivity contribution in [3.05, 3.63) is 161 Å². The monoisotopic (exact) mass is 582 g/mol. The molecule has 4 aromatic carbocycles. The average molecular weight is 583 g/mol. The molecule has 0 radical (unpaired) electrons. The number of rotatable bonds is 9. The van der Waals surface area contributed by atoms with Gasteiger partial charge in [0.05, 0.1) is 11.6 Å². The number of aliphatic hydroxyl groups is 1. The number of hydrogen-bond donors (Lipinski definition) is 1. The summed E-state index contributed by atoms with van der Waals surface area (Å²) in [4.78, 5) is 32.6. The first-order valence-electron chi connectivity index (χ1n) is 14.3. The van der Waals surface area contributed by atoms with Crippen LogP contribution in [-0.2, 0) is 22.7 Å². The van der Waals surface area contributed by atoms with Crippen LogP contribution in [0.5, 0.6) is 17.2 Å². The van der Waals surface area contributed by atoms with E-state index in [2.05, 4.69) is 4.98 Å². The molecular formula is C37H30N2O5. The van der Waals surface area contributed by atoms with Crippen LogP contribution in [0.2, 0.25) is 0 Å². The molecule has 44 heavy (non-hydrogen) atoms. The molecule has 1 aliphatic heterocycles. The van der Waals surface area contributed by atoms with Gasteiger partial charge in [0, 0.05) is 24.5 Å². The fourth-order valence-electron chi connectivity index (χ4n) is 5.24. The van der Waals surface area contributed by atoms with Crippen molar-refractivity contribution in [2.24, 2.45) is 0 Å². The highest BCUT2D eigenvalue weighted by Gasteiger charge is 2.46. The Balaban J connectivity index is 1.35. The standard InChI is InChI=1S/C37H30N2O5/c1-25-8-5-6-9-29(25)24-43-30-16-14-27(15-17-30)35(40)33-34(39(37(42)36(33)41)23-26-18-20-38-21-19-26)28-10-7-13-32(22-28)44-31-11-3-2-4-12-31/h2-22,34,40H,23-24H2,1H3/b35-33+. The van der Waals surface area contributed by atoms with Gasteiger partial charge in [-0.25, -0.2) is 0 Å². The molecule has 1 atom stereocenters. The lowest BCUT2D eigenvalue weighted by atomic mass is 9.95. The number of carbonyl (C=O) groups is 2. The number of ether oxygens (including phenoxy) is 2. The van der Waals surface area contributed by atoms with Gasteiger partial charge in [-0.05, 0) is 89.8 Å². The largest absolute Gasteiger partial charge is 0.507 e. The van der Waals surface area contributed by atoms with Gasteiger partial charge in [0.15, 0.2) is 0 Å². The molecule has 2 heterocycles. The van der Waals surface area contributed by atoms with E-state index in [0.29, 0.717) is 35.0 Å². The summed E-state index contributed by atoms with van der Waals surface area (Å²) in [7, 11) is 0. The number of pyridine rings is 1. The summed E-state index contributed by atoms with van der Waals surface area (Å²) in [6.07, 6.45) is 3.27. The summed E-state index contributed by atoms with van der Waals surface area (Å²) in [5.41, 5.74) is 4.06. The van der Waals surface area contributed by atoms with E-state index in [0.717, 1.165) is 16.7 Å². The maximum absolute atomic E-state index is 13.6. The van der Waals surface area contributed by atoms with Crippen LogP contribution < -0.4 is 9.47 Å². The first-order chi connectivity index (χ1) is 21.5. The normalized spacial score (nSPS) is 15.8. The van der Waals surface area contributed by atoms with Crippen LogP contribution in [0, 0.1) is 6.92 Å². The molecule has 0 spiro atoms. The molecule has 1 N–H and O–H groups in total. The molecule has 0 aliphatic carbocycles. The minimum absolute atomic E-state index is 0.00879. The van der Waals surface area contributed by atoms with Crippen molar-refractivity contribution in [1.82, 2.24) is 9.88 Å². The smallest absolute Gasteiger partial charge is 0.295 e. The minimum atomic E-state index is -0.848. The van der Waals surface area contributed by atoms with E-state index in [9.17, 15) is 14.7 Å². The van der Waals surface area contributed by atoms with Crippen molar-refractivity contribution in [3.63, 3.8) is 0 Å². The zero-order chi connectivity index (χ0) is 30.5. The van der Waals surface area contributed by atoms with Gasteiger partial charge < -0.3 is 19.5 Å². The van der Waals surface area contributed by atoms with Gasteiger partial charge in [-0.2, -0.15) is 0 Å². The Hall–Kier alpha value is -5.69. The van der Waals surface area contributed by atoms with E-state index in [1.54, 1.807) is 67.0 Å². The second-order valence-electron chi connectivity index (χ2n) is 10.5. The summed E-state index contributed by atoms with van der Waals surface area (Å²) < 4.78 is 12.0. The summed E-state index contributed by atoms with van der Waals surface area (Å²) in [6.45, 7) is 2.59. The third kappa shape index (κ3) is 6.08. The van der Waals surface area contributed by atoms with E-state index in [1.165, 1.54) is 4.90 Å². The predicted octanol–water partition coefficient (Wildman–Crippen LogP) is 7.38. The van der Waals surface area contributed by atoms with Crippen LogP contribution in [0.25, 0.3) is 5.76 Å². The van der Waals surface area contributed by atoms with Gasteiger partial charge in [0.1, 0.15) is 29.6 Å². The van der Waals surface area contributed by atoms with Crippen LogP contribution >= 0.6 is 0 Å². The number of aromatic nitrogens is 1. The highest BCUT2D eigenvalue weighted by molar-refractivity contribution is 6.46. The molecule has 1 saturated heterocycles. The molecule has 5 aromatic rings. The summed E-state index contributed by atoms with van der Waals surface area (Å²) in [6, 6.07) is 34.2. The second kappa shape index (κ2) is 12.7.